The highest BCUT2D eigenvalue weighted by Gasteiger charge is 2.45. The Labute approximate surface area is 111 Å². The molecule has 1 unspecified atom stereocenters. The fourth-order valence-electron chi connectivity index (χ4n) is 2.33. The fraction of sp³-hybridized carbons (Fsp3) is 0.692. The van der Waals surface area contributed by atoms with E-state index in [1.54, 1.807) is 0 Å². The van der Waals surface area contributed by atoms with Crippen molar-refractivity contribution in [2.75, 3.05) is 0 Å². The van der Waals surface area contributed by atoms with Gasteiger partial charge in [-0.3, -0.25) is 14.3 Å². The van der Waals surface area contributed by atoms with E-state index in [4.69, 9.17) is 11.6 Å². The minimum Gasteiger partial charge on any atom is -0.297 e. The van der Waals surface area contributed by atoms with Crippen molar-refractivity contribution in [1.29, 1.82) is 0 Å². The minimum atomic E-state index is -0.396. The van der Waals surface area contributed by atoms with Gasteiger partial charge in [0, 0.05) is 6.54 Å². The second-order valence-electron chi connectivity index (χ2n) is 5.78. The van der Waals surface area contributed by atoms with E-state index >= 15 is 0 Å². The van der Waals surface area contributed by atoms with Crippen molar-refractivity contribution >= 4 is 11.6 Å². The summed E-state index contributed by atoms with van der Waals surface area (Å²) in [7, 11) is 0. The van der Waals surface area contributed by atoms with Crippen LogP contribution in [0.15, 0.2) is 9.59 Å². The van der Waals surface area contributed by atoms with Crippen molar-refractivity contribution in [3.8, 4) is 0 Å². The van der Waals surface area contributed by atoms with E-state index in [1.165, 1.54) is 4.57 Å². The molecule has 1 aromatic rings. The van der Waals surface area contributed by atoms with Crippen molar-refractivity contribution in [3.63, 3.8) is 0 Å². The molecule has 1 aliphatic carbocycles. The third kappa shape index (κ3) is 2.39. The quantitative estimate of drug-likeness (QED) is 0.853. The molecule has 1 fully saturated rings. The van der Waals surface area contributed by atoms with Gasteiger partial charge < -0.3 is 0 Å². The van der Waals surface area contributed by atoms with Crippen LogP contribution >= 0.6 is 11.6 Å². The molecule has 1 aliphatic rings. The summed E-state index contributed by atoms with van der Waals surface area (Å²) in [5.41, 5.74) is 0.147. The van der Waals surface area contributed by atoms with Gasteiger partial charge in [0.2, 0.25) is 0 Å². The normalized spacial score (nSPS) is 21.0. The lowest BCUT2D eigenvalue weighted by atomic mass is 10.1. The van der Waals surface area contributed by atoms with Gasteiger partial charge in [-0.25, -0.2) is 4.79 Å². The molecule has 1 atom stereocenters. The average Bonchev–Trinajstić information content (AvgIpc) is 2.87. The van der Waals surface area contributed by atoms with Gasteiger partial charge in [0.1, 0.15) is 5.15 Å². The highest BCUT2D eigenvalue weighted by atomic mass is 35.5. The van der Waals surface area contributed by atoms with E-state index in [0.29, 0.717) is 24.4 Å². The van der Waals surface area contributed by atoms with Crippen molar-refractivity contribution in [3.05, 3.63) is 31.6 Å². The van der Waals surface area contributed by atoms with Crippen LogP contribution in [0.1, 0.15) is 39.2 Å². The molecule has 18 heavy (non-hydrogen) atoms. The predicted molar refractivity (Wildman–Crippen MR) is 72.2 cm³/mol. The molecule has 0 aromatic carbocycles. The molecular formula is C13H19ClN2O2. The van der Waals surface area contributed by atoms with Gasteiger partial charge in [-0.15, -0.1) is 0 Å². The molecule has 5 heteroatoms. The fourth-order valence-corrected chi connectivity index (χ4v) is 2.58. The van der Waals surface area contributed by atoms with Crippen molar-refractivity contribution in [1.82, 2.24) is 9.55 Å². The number of aromatic amines is 1. The molecule has 4 nitrogen and oxygen atoms in total. The van der Waals surface area contributed by atoms with Gasteiger partial charge in [-0.05, 0) is 24.2 Å². The Kier molecular flexibility index (Phi) is 3.41. The molecule has 0 amide bonds. The first kappa shape index (κ1) is 13.4. The number of H-pyrrole nitrogens is 1. The number of nitrogens with one attached hydrogen (secondary N) is 1. The van der Waals surface area contributed by atoms with Crippen molar-refractivity contribution < 1.29 is 0 Å². The van der Waals surface area contributed by atoms with Gasteiger partial charge in [0.15, 0.2) is 0 Å². The van der Waals surface area contributed by atoms with Crippen LogP contribution < -0.4 is 11.2 Å². The molecule has 1 aromatic heterocycles. The molecule has 0 saturated heterocycles. The zero-order chi connectivity index (χ0) is 13.5. The first-order valence-electron chi connectivity index (χ1n) is 6.38. The topological polar surface area (TPSA) is 54.9 Å². The molecule has 1 N–H and O–H groups in total. The molecule has 1 heterocycles. The summed E-state index contributed by atoms with van der Waals surface area (Å²) >= 11 is 5.92. The van der Waals surface area contributed by atoms with Gasteiger partial charge >= 0.3 is 5.69 Å². The highest BCUT2D eigenvalue weighted by molar-refractivity contribution is 6.30. The molecule has 2 rings (SSSR count). The summed E-state index contributed by atoms with van der Waals surface area (Å²) in [4.78, 5) is 26.6. The standard InChI is InChI=1S/C13H19ClN2O2/c1-4-5-9-10(14)15-12(18)16(11(9)17)7-8-6-13(8,2)3/h8H,4-7H2,1-3H3,(H,15,18). The van der Waals surface area contributed by atoms with Crippen LogP contribution in [-0.4, -0.2) is 9.55 Å². The zero-order valence-corrected chi connectivity index (χ0v) is 11.8. The lowest BCUT2D eigenvalue weighted by Crippen LogP contribution is -2.38. The van der Waals surface area contributed by atoms with Gasteiger partial charge in [0.25, 0.3) is 5.56 Å². The predicted octanol–water partition coefficient (Wildman–Crippen LogP) is 2.19. The van der Waals surface area contributed by atoms with Crippen LogP contribution in [0.5, 0.6) is 0 Å². The van der Waals surface area contributed by atoms with Crippen LogP contribution in [0, 0.1) is 11.3 Å². The lowest BCUT2D eigenvalue weighted by molar-refractivity contribution is 0.476. The maximum atomic E-state index is 12.2. The average molecular weight is 271 g/mol. The molecule has 0 spiro atoms. The van der Waals surface area contributed by atoms with Crippen molar-refractivity contribution in [2.24, 2.45) is 11.3 Å². The minimum absolute atomic E-state index is 0.193. The molecular weight excluding hydrogens is 252 g/mol. The lowest BCUT2D eigenvalue weighted by Gasteiger charge is -2.09. The number of hydrogen-bond acceptors (Lipinski definition) is 2. The van der Waals surface area contributed by atoms with Gasteiger partial charge in [0.05, 0.1) is 5.56 Å². The maximum absolute atomic E-state index is 12.2. The Morgan fingerprint density at radius 1 is 1.44 bits per heavy atom. The Morgan fingerprint density at radius 2 is 2.06 bits per heavy atom. The van der Waals surface area contributed by atoms with E-state index in [0.717, 1.165) is 12.8 Å². The molecule has 1 saturated carbocycles. The highest BCUT2D eigenvalue weighted by Crippen LogP contribution is 2.52. The molecule has 100 valence electrons. The Hall–Kier alpha value is -1.03. The summed E-state index contributed by atoms with van der Waals surface area (Å²) in [6.45, 7) is 6.78. The monoisotopic (exact) mass is 270 g/mol. The summed E-state index contributed by atoms with van der Waals surface area (Å²) < 4.78 is 1.30. The maximum Gasteiger partial charge on any atom is 0.329 e. The van der Waals surface area contributed by atoms with E-state index in [1.807, 2.05) is 6.92 Å². The van der Waals surface area contributed by atoms with E-state index < -0.39 is 5.69 Å². The third-order valence-electron chi connectivity index (χ3n) is 3.85. The summed E-state index contributed by atoms with van der Waals surface area (Å²) in [6.07, 6.45) is 2.49. The summed E-state index contributed by atoms with van der Waals surface area (Å²) in [5.74, 6) is 0.409. The van der Waals surface area contributed by atoms with Gasteiger partial charge in [-0.2, -0.15) is 0 Å². The molecule has 0 bridgehead atoms. The number of rotatable bonds is 4. The van der Waals surface area contributed by atoms with Crippen LogP contribution in [0.2, 0.25) is 5.15 Å². The number of halogens is 1. The smallest absolute Gasteiger partial charge is 0.297 e. The second kappa shape index (κ2) is 4.57. The first-order valence-corrected chi connectivity index (χ1v) is 6.76. The van der Waals surface area contributed by atoms with E-state index in [-0.39, 0.29) is 16.1 Å². The summed E-state index contributed by atoms with van der Waals surface area (Å²) in [5, 5.41) is 0.193. The Balaban J connectivity index is 2.38. The van der Waals surface area contributed by atoms with E-state index in [9.17, 15) is 9.59 Å². The van der Waals surface area contributed by atoms with Crippen molar-refractivity contribution in [2.45, 2.75) is 46.6 Å². The largest absolute Gasteiger partial charge is 0.329 e. The summed E-state index contributed by atoms with van der Waals surface area (Å²) in [6, 6.07) is 0. The van der Waals surface area contributed by atoms with E-state index in [2.05, 4.69) is 18.8 Å². The first-order chi connectivity index (χ1) is 8.36. The third-order valence-corrected chi connectivity index (χ3v) is 4.17. The van der Waals surface area contributed by atoms with Crippen LogP contribution in [-0.2, 0) is 13.0 Å². The Bertz CT molecular complexity index is 571. The molecule has 0 radical (unpaired) electrons. The van der Waals surface area contributed by atoms with Gasteiger partial charge in [-0.1, -0.05) is 38.8 Å². The van der Waals surface area contributed by atoms with Crippen LogP contribution in [0.3, 0.4) is 0 Å². The Morgan fingerprint density at radius 3 is 2.56 bits per heavy atom. The zero-order valence-electron chi connectivity index (χ0n) is 11.0. The number of hydrogen-bond donors (Lipinski definition) is 1. The number of nitrogens with zero attached hydrogens (tertiary/aromatic N) is 1. The second-order valence-corrected chi connectivity index (χ2v) is 6.16. The SMILES string of the molecule is CCCc1c(Cl)[nH]c(=O)n(CC2CC2(C)C)c1=O. The van der Waals surface area contributed by atoms with Crippen LogP contribution in [0.25, 0.3) is 0 Å². The number of aromatic nitrogens is 2. The molecule has 0 aliphatic heterocycles. The van der Waals surface area contributed by atoms with Crippen LogP contribution in [0.4, 0.5) is 0 Å².